The van der Waals surface area contributed by atoms with E-state index in [1.165, 1.54) is 0 Å². The van der Waals surface area contributed by atoms with Crippen molar-refractivity contribution < 1.29 is 4.79 Å². The zero-order valence-electron chi connectivity index (χ0n) is 12.6. The largest absolute Gasteiger partial charge is 0.305 e. The molecule has 1 saturated heterocycles. The molecule has 1 aromatic rings. The topological polar surface area (TPSA) is 23.6 Å². The molecular weight excluding hydrogens is 307 g/mol. The highest BCUT2D eigenvalue weighted by atomic mass is 35.5. The van der Waals surface area contributed by atoms with E-state index in [9.17, 15) is 4.79 Å². The summed E-state index contributed by atoms with van der Waals surface area (Å²) in [5.74, 6) is 0.0691. The molecule has 2 rings (SSSR count). The maximum absolute atomic E-state index is 12.5. The van der Waals surface area contributed by atoms with E-state index in [2.05, 4.69) is 23.8 Å². The Morgan fingerprint density at radius 2 is 2.10 bits per heavy atom. The van der Waals surface area contributed by atoms with Crippen molar-refractivity contribution in [2.24, 2.45) is 0 Å². The second kappa shape index (κ2) is 7.59. The molecule has 0 saturated carbocycles. The van der Waals surface area contributed by atoms with Crippen molar-refractivity contribution in [3.05, 3.63) is 33.8 Å². The van der Waals surface area contributed by atoms with Gasteiger partial charge in [0.05, 0.1) is 11.6 Å². The van der Waals surface area contributed by atoms with Crippen LogP contribution < -0.4 is 0 Å². The highest BCUT2D eigenvalue weighted by Gasteiger charge is 2.24. The Kier molecular flexibility index (Phi) is 6.06. The summed E-state index contributed by atoms with van der Waals surface area (Å²) in [4.78, 5) is 17.1. The third kappa shape index (κ3) is 4.43. The van der Waals surface area contributed by atoms with Crippen molar-refractivity contribution in [2.45, 2.75) is 25.8 Å². The number of likely N-dealkylation sites (N-methyl/N-ethyl adjacent to an activating group) is 1. The number of benzene rings is 1. The second-order valence-corrected chi connectivity index (χ2v) is 6.54. The molecule has 1 unspecified atom stereocenters. The van der Waals surface area contributed by atoms with E-state index in [0.717, 1.165) is 32.5 Å². The van der Waals surface area contributed by atoms with Crippen molar-refractivity contribution in [2.75, 3.05) is 33.2 Å². The van der Waals surface area contributed by atoms with Gasteiger partial charge >= 0.3 is 0 Å². The van der Waals surface area contributed by atoms with Crippen LogP contribution in [0.1, 0.15) is 30.1 Å². The SMILES string of the molecule is CCC1CN(C)CCCN1CC(=O)c1ccc(Cl)cc1Cl. The van der Waals surface area contributed by atoms with Crippen molar-refractivity contribution in [3.63, 3.8) is 0 Å². The van der Waals surface area contributed by atoms with Crippen LogP contribution in [0, 0.1) is 0 Å². The van der Waals surface area contributed by atoms with E-state index in [1.54, 1.807) is 18.2 Å². The minimum absolute atomic E-state index is 0.0691. The molecular formula is C16H22Cl2N2O. The monoisotopic (exact) mass is 328 g/mol. The van der Waals surface area contributed by atoms with E-state index in [0.29, 0.717) is 28.2 Å². The molecule has 1 aromatic carbocycles. The number of nitrogens with zero attached hydrogens (tertiary/aromatic N) is 2. The van der Waals surface area contributed by atoms with Crippen molar-refractivity contribution in [3.8, 4) is 0 Å². The maximum Gasteiger partial charge on any atom is 0.178 e. The molecule has 0 bridgehead atoms. The van der Waals surface area contributed by atoms with E-state index >= 15 is 0 Å². The highest BCUT2D eigenvalue weighted by molar-refractivity contribution is 6.36. The molecule has 5 heteroatoms. The Hall–Kier alpha value is -0.610. The first-order valence-electron chi connectivity index (χ1n) is 7.42. The quantitative estimate of drug-likeness (QED) is 0.789. The predicted octanol–water partition coefficient (Wildman–Crippen LogP) is 3.59. The molecule has 1 aliphatic rings. The number of carbonyl (C=O) groups is 1. The number of Topliss-reactive ketones (excluding diaryl/α,β-unsaturated/α-hetero) is 1. The summed E-state index contributed by atoms with van der Waals surface area (Å²) in [7, 11) is 2.14. The standard InChI is InChI=1S/C16H22Cl2N2O/c1-3-13-10-19(2)7-4-8-20(13)11-16(21)14-6-5-12(17)9-15(14)18/h5-6,9,13H,3-4,7-8,10-11H2,1-2H3. The van der Waals surface area contributed by atoms with E-state index in [4.69, 9.17) is 23.2 Å². The summed E-state index contributed by atoms with van der Waals surface area (Å²) < 4.78 is 0. The molecule has 1 aliphatic heterocycles. The number of ketones is 1. The van der Waals surface area contributed by atoms with Crippen LogP contribution in [0.4, 0.5) is 0 Å². The molecule has 0 spiro atoms. The second-order valence-electron chi connectivity index (χ2n) is 5.70. The third-order valence-corrected chi connectivity index (χ3v) is 4.62. The molecule has 21 heavy (non-hydrogen) atoms. The molecule has 0 amide bonds. The number of hydrogen-bond donors (Lipinski definition) is 0. The average Bonchev–Trinajstić information content (AvgIpc) is 2.60. The van der Waals surface area contributed by atoms with Crippen LogP contribution in [0.5, 0.6) is 0 Å². The fraction of sp³-hybridized carbons (Fsp3) is 0.562. The van der Waals surface area contributed by atoms with Gasteiger partial charge in [-0.15, -0.1) is 0 Å². The lowest BCUT2D eigenvalue weighted by molar-refractivity contribution is 0.0888. The van der Waals surface area contributed by atoms with Crippen LogP contribution >= 0.6 is 23.2 Å². The van der Waals surface area contributed by atoms with Crippen LogP contribution in [0.2, 0.25) is 10.0 Å². The minimum Gasteiger partial charge on any atom is -0.305 e. The predicted molar refractivity (Wildman–Crippen MR) is 88.6 cm³/mol. The lowest BCUT2D eigenvalue weighted by atomic mass is 10.1. The van der Waals surface area contributed by atoms with Gasteiger partial charge in [-0.2, -0.15) is 0 Å². The molecule has 1 fully saturated rings. The summed E-state index contributed by atoms with van der Waals surface area (Å²) >= 11 is 12.0. The van der Waals surface area contributed by atoms with Crippen molar-refractivity contribution in [1.82, 2.24) is 9.80 Å². The van der Waals surface area contributed by atoms with Gasteiger partial charge in [0.15, 0.2) is 5.78 Å². The number of rotatable bonds is 4. The third-order valence-electron chi connectivity index (χ3n) is 4.07. The minimum atomic E-state index is 0.0691. The Balaban J connectivity index is 2.09. The number of hydrogen-bond acceptors (Lipinski definition) is 3. The molecule has 116 valence electrons. The zero-order valence-corrected chi connectivity index (χ0v) is 14.1. The molecule has 0 aromatic heterocycles. The van der Waals surface area contributed by atoms with Gasteiger partial charge in [-0.3, -0.25) is 9.69 Å². The van der Waals surface area contributed by atoms with Gasteiger partial charge in [0.1, 0.15) is 0 Å². The molecule has 1 heterocycles. The Labute approximate surface area is 136 Å². The lowest BCUT2D eigenvalue weighted by Gasteiger charge is -2.29. The van der Waals surface area contributed by atoms with Crippen molar-refractivity contribution >= 4 is 29.0 Å². The highest BCUT2D eigenvalue weighted by Crippen LogP contribution is 2.22. The Morgan fingerprint density at radius 3 is 2.76 bits per heavy atom. The summed E-state index contributed by atoms with van der Waals surface area (Å²) in [5.41, 5.74) is 0.563. The van der Waals surface area contributed by atoms with Gasteiger partial charge in [-0.05, 0) is 44.6 Å². The van der Waals surface area contributed by atoms with Gasteiger partial charge in [0, 0.05) is 29.7 Å². The normalized spacial score (nSPS) is 21.2. The molecule has 0 N–H and O–H groups in total. The van der Waals surface area contributed by atoms with Crippen LogP contribution in [0.15, 0.2) is 18.2 Å². The van der Waals surface area contributed by atoms with Gasteiger partial charge in [0.2, 0.25) is 0 Å². The van der Waals surface area contributed by atoms with Gasteiger partial charge in [0.25, 0.3) is 0 Å². The average molecular weight is 329 g/mol. The van der Waals surface area contributed by atoms with Crippen molar-refractivity contribution in [1.29, 1.82) is 0 Å². The van der Waals surface area contributed by atoms with E-state index in [1.807, 2.05) is 0 Å². The first kappa shape index (κ1) is 16.8. The lowest BCUT2D eigenvalue weighted by Crippen LogP contribution is -2.42. The summed E-state index contributed by atoms with van der Waals surface area (Å²) in [6.07, 6.45) is 2.14. The van der Waals surface area contributed by atoms with Crippen LogP contribution in [0.25, 0.3) is 0 Å². The Morgan fingerprint density at radius 1 is 1.33 bits per heavy atom. The van der Waals surface area contributed by atoms with E-state index in [-0.39, 0.29) is 5.78 Å². The maximum atomic E-state index is 12.5. The first-order valence-corrected chi connectivity index (χ1v) is 8.17. The van der Waals surface area contributed by atoms with Gasteiger partial charge in [-0.1, -0.05) is 30.1 Å². The number of carbonyl (C=O) groups excluding carboxylic acids is 1. The molecule has 0 aliphatic carbocycles. The smallest absolute Gasteiger partial charge is 0.178 e. The van der Waals surface area contributed by atoms with Crippen LogP contribution in [-0.4, -0.2) is 54.9 Å². The number of halogens is 2. The molecule has 3 nitrogen and oxygen atoms in total. The van der Waals surface area contributed by atoms with Gasteiger partial charge < -0.3 is 4.90 Å². The first-order chi connectivity index (χ1) is 10.0. The van der Waals surface area contributed by atoms with Gasteiger partial charge in [-0.25, -0.2) is 0 Å². The molecule has 1 atom stereocenters. The summed E-state index contributed by atoms with van der Waals surface area (Å²) in [6.45, 7) is 5.66. The van der Waals surface area contributed by atoms with E-state index < -0.39 is 0 Å². The fourth-order valence-corrected chi connectivity index (χ4v) is 3.39. The Bertz CT molecular complexity index is 507. The zero-order chi connectivity index (χ0) is 15.4. The summed E-state index contributed by atoms with van der Waals surface area (Å²) in [6, 6.07) is 5.49. The summed E-state index contributed by atoms with van der Waals surface area (Å²) in [5, 5.41) is 0.992. The van der Waals surface area contributed by atoms with Crippen LogP contribution in [-0.2, 0) is 0 Å². The van der Waals surface area contributed by atoms with Crippen LogP contribution in [0.3, 0.4) is 0 Å². The fourth-order valence-electron chi connectivity index (χ4n) is 2.87. The molecule has 0 radical (unpaired) electrons.